The number of aryl methyl sites for hydroxylation is 1. The molecule has 0 aliphatic heterocycles. The molecule has 0 saturated heterocycles. The van der Waals surface area contributed by atoms with Crippen LogP contribution < -0.4 is 10.7 Å². The maximum absolute atomic E-state index is 11.9. The van der Waals surface area contributed by atoms with Crippen molar-refractivity contribution >= 4 is 23.2 Å². The van der Waals surface area contributed by atoms with Crippen LogP contribution in [0, 0.1) is 0 Å². The average molecular weight is 323 g/mol. The van der Waals surface area contributed by atoms with Gasteiger partial charge >= 0.3 is 0 Å². The van der Waals surface area contributed by atoms with Crippen molar-refractivity contribution in [2.45, 2.75) is 26.7 Å². The molecule has 2 N–H and O–H groups in total. The average Bonchev–Trinajstić information content (AvgIpc) is 2.59. The van der Waals surface area contributed by atoms with Gasteiger partial charge < -0.3 is 5.32 Å². The van der Waals surface area contributed by atoms with Gasteiger partial charge in [-0.2, -0.15) is 5.10 Å². The number of hydrogen-bond donors (Lipinski definition) is 2. The van der Waals surface area contributed by atoms with Gasteiger partial charge in [0.1, 0.15) is 0 Å². The monoisotopic (exact) mass is 323 g/mol. The minimum atomic E-state index is -0.118. The summed E-state index contributed by atoms with van der Waals surface area (Å²) in [5.74, 6) is -0.230. The van der Waals surface area contributed by atoms with Gasteiger partial charge in [0.05, 0.1) is 5.71 Å². The van der Waals surface area contributed by atoms with Crippen molar-refractivity contribution in [2.24, 2.45) is 5.10 Å². The van der Waals surface area contributed by atoms with E-state index in [9.17, 15) is 9.59 Å². The molecule has 124 valence electrons. The number of nitrogens with zero attached hydrogens (tertiary/aromatic N) is 1. The van der Waals surface area contributed by atoms with Gasteiger partial charge in [-0.05, 0) is 36.6 Å². The van der Waals surface area contributed by atoms with Crippen LogP contribution in [0.1, 0.15) is 31.4 Å². The summed E-state index contributed by atoms with van der Waals surface area (Å²) in [5, 5.41) is 6.83. The van der Waals surface area contributed by atoms with Crippen molar-refractivity contribution in [3.63, 3.8) is 0 Å². The topological polar surface area (TPSA) is 70.6 Å². The van der Waals surface area contributed by atoms with Crippen molar-refractivity contribution in [1.29, 1.82) is 0 Å². The highest BCUT2D eigenvalue weighted by Gasteiger charge is 2.03. The van der Waals surface area contributed by atoms with Gasteiger partial charge in [-0.3, -0.25) is 9.59 Å². The molecule has 0 fully saturated rings. The SMILES string of the molecule is CC(=O)Nc1ccc(/C(C)=N\NC(=O)CCc2ccccc2)cc1. The van der Waals surface area contributed by atoms with E-state index in [2.05, 4.69) is 15.8 Å². The molecule has 0 bridgehead atoms. The number of hydrazone groups is 1. The first kappa shape index (κ1) is 17.4. The standard InChI is InChI=1S/C19H21N3O2/c1-14(17-9-11-18(12-10-17)20-15(2)23)21-22-19(24)13-8-16-6-4-3-5-7-16/h3-7,9-12H,8,13H2,1-2H3,(H,20,23)(H,22,24)/b21-14-. The molecule has 0 aliphatic rings. The zero-order valence-electron chi connectivity index (χ0n) is 13.9. The predicted molar refractivity (Wildman–Crippen MR) is 95.9 cm³/mol. The van der Waals surface area contributed by atoms with Crippen LogP contribution in [-0.2, 0) is 16.0 Å². The number of amides is 2. The Balaban J connectivity index is 1.86. The van der Waals surface area contributed by atoms with E-state index in [0.29, 0.717) is 18.6 Å². The van der Waals surface area contributed by atoms with Gasteiger partial charge in [-0.1, -0.05) is 42.5 Å². The molecule has 5 nitrogen and oxygen atoms in total. The van der Waals surface area contributed by atoms with Crippen molar-refractivity contribution in [2.75, 3.05) is 5.32 Å². The number of anilines is 1. The Kier molecular flexibility index (Phi) is 6.25. The molecule has 0 radical (unpaired) electrons. The lowest BCUT2D eigenvalue weighted by Crippen LogP contribution is -2.19. The first-order valence-corrected chi connectivity index (χ1v) is 7.79. The van der Waals surface area contributed by atoms with E-state index in [4.69, 9.17) is 0 Å². The predicted octanol–water partition coefficient (Wildman–Crippen LogP) is 3.12. The molecule has 24 heavy (non-hydrogen) atoms. The number of nitrogens with one attached hydrogen (secondary N) is 2. The first-order chi connectivity index (χ1) is 11.5. The lowest BCUT2D eigenvalue weighted by atomic mass is 10.1. The van der Waals surface area contributed by atoms with E-state index >= 15 is 0 Å². The largest absolute Gasteiger partial charge is 0.326 e. The fraction of sp³-hybridized carbons (Fsp3) is 0.211. The zero-order chi connectivity index (χ0) is 17.4. The molecule has 0 heterocycles. The minimum absolute atomic E-state index is 0.112. The Labute approximate surface area is 141 Å². The van der Waals surface area contributed by atoms with E-state index in [1.54, 1.807) is 12.1 Å². The first-order valence-electron chi connectivity index (χ1n) is 7.79. The number of benzene rings is 2. The van der Waals surface area contributed by atoms with Crippen LogP contribution in [0.5, 0.6) is 0 Å². The molecule has 0 unspecified atom stereocenters. The Morgan fingerprint density at radius 2 is 1.62 bits per heavy atom. The van der Waals surface area contributed by atoms with E-state index in [0.717, 1.165) is 16.8 Å². The molecule has 0 atom stereocenters. The molecule has 2 aromatic rings. The summed E-state index contributed by atoms with van der Waals surface area (Å²) in [4.78, 5) is 22.9. The van der Waals surface area contributed by atoms with Crippen LogP contribution in [0.2, 0.25) is 0 Å². The zero-order valence-corrected chi connectivity index (χ0v) is 13.9. The van der Waals surface area contributed by atoms with Crippen molar-refractivity contribution in [3.8, 4) is 0 Å². The van der Waals surface area contributed by atoms with Gasteiger partial charge in [0.25, 0.3) is 0 Å². The van der Waals surface area contributed by atoms with Gasteiger partial charge in [0, 0.05) is 19.0 Å². The smallest absolute Gasteiger partial charge is 0.240 e. The molecule has 2 aromatic carbocycles. The van der Waals surface area contributed by atoms with Crippen LogP contribution in [0.4, 0.5) is 5.69 Å². The van der Waals surface area contributed by atoms with Gasteiger partial charge in [-0.15, -0.1) is 0 Å². The van der Waals surface area contributed by atoms with Crippen LogP contribution in [-0.4, -0.2) is 17.5 Å². The molecule has 0 aliphatic carbocycles. The highest BCUT2D eigenvalue weighted by Crippen LogP contribution is 2.10. The van der Waals surface area contributed by atoms with Gasteiger partial charge in [0.2, 0.25) is 11.8 Å². The van der Waals surface area contributed by atoms with E-state index < -0.39 is 0 Å². The summed E-state index contributed by atoms with van der Waals surface area (Å²) in [6.07, 6.45) is 1.08. The summed E-state index contributed by atoms with van der Waals surface area (Å²) in [5.41, 5.74) is 6.02. The van der Waals surface area contributed by atoms with Gasteiger partial charge in [0.15, 0.2) is 0 Å². The van der Waals surface area contributed by atoms with Crippen LogP contribution in [0.3, 0.4) is 0 Å². The normalized spacial score (nSPS) is 11.0. The molecule has 0 spiro atoms. The quantitative estimate of drug-likeness (QED) is 0.633. The third-order valence-corrected chi connectivity index (χ3v) is 3.45. The second-order valence-corrected chi connectivity index (χ2v) is 5.48. The second kappa shape index (κ2) is 8.62. The van der Waals surface area contributed by atoms with Crippen molar-refractivity contribution in [3.05, 3.63) is 65.7 Å². The van der Waals surface area contributed by atoms with E-state index in [1.165, 1.54) is 6.92 Å². The Morgan fingerprint density at radius 3 is 2.25 bits per heavy atom. The fourth-order valence-corrected chi connectivity index (χ4v) is 2.17. The summed E-state index contributed by atoms with van der Waals surface area (Å²) < 4.78 is 0. The lowest BCUT2D eigenvalue weighted by Gasteiger charge is -2.05. The Hall–Kier alpha value is -2.95. The third kappa shape index (κ3) is 5.68. The van der Waals surface area contributed by atoms with Crippen molar-refractivity contribution in [1.82, 2.24) is 5.43 Å². The number of carbonyl (C=O) groups is 2. The highest BCUT2D eigenvalue weighted by molar-refractivity contribution is 5.99. The number of carbonyl (C=O) groups excluding carboxylic acids is 2. The molecule has 0 aromatic heterocycles. The van der Waals surface area contributed by atoms with Crippen molar-refractivity contribution < 1.29 is 9.59 Å². The minimum Gasteiger partial charge on any atom is -0.326 e. The van der Waals surface area contributed by atoms with Crippen LogP contribution in [0.15, 0.2) is 59.7 Å². The summed E-state index contributed by atoms with van der Waals surface area (Å²) in [7, 11) is 0. The van der Waals surface area contributed by atoms with Gasteiger partial charge in [-0.25, -0.2) is 5.43 Å². The lowest BCUT2D eigenvalue weighted by molar-refractivity contribution is -0.121. The maximum Gasteiger partial charge on any atom is 0.240 e. The molecule has 0 saturated carbocycles. The third-order valence-electron chi connectivity index (χ3n) is 3.45. The van der Waals surface area contributed by atoms with E-state index in [-0.39, 0.29) is 11.8 Å². The summed E-state index contributed by atoms with van der Waals surface area (Å²) >= 11 is 0. The Bertz CT molecular complexity index is 722. The maximum atomic E-state index is 11.9. The Morgan fingerprint density at radius 1 is 0.958 bits per heavy atom. The highest BCUT2D eigenvalue weighted by atomic mass is 16.2. The summed E-state index contributed by atoms with van der Waals surface area (Å²) in [6, 6.07) is 17.2. The number of rotatable bonds is 6. The molecular formula is C19H21N3O2. The number of hydrogen-bond acceptors (Lipinski definition) is 3. The molecule has 2 rings (SSSR count). The molecule has 5 heteroatoms. The fourth-order valence-electron chi connectivity index (χ4n) is 2.17. The summed E-state index contributed by atoms with van der Waals surface area (Å²) in [6.45, 7) is 3.29. The van der Waals surface area contributed by atoms with E-state index in [1.807, 2.05) is 49.4 Å². The molecular weight excluding hydrogens is 302 g/mol. The van der Waals surface area contributed by atoms with Crippen LogP contribution >= 0.6 is 0 Å². The molecule has 2 amide bonds. The second-order valence-electron chi connectivity index (χ2n) is 5.48. The van der Waals surface area contributed by atoms with Crippen LogP contribution in [0.25, 0.3) is 0 Å².